The molecule has 4 rings (SSSR count). The smallest absolute Gasteiger partial charge is 0.149 e. The minimum Gasteiger partial charge on any atom is -0.316 e. The van der Waals surface area contributed by atoms with Gasteiger partial charge >= 0.3 is 0 Å². The van der Waals surface area contributed by atoms with E-state index in [1.807, 2.05) is 6.07 Å². The molecule has 2 aliphatic heterocycles. The van der Waals surface area contributed by atoms with Gasteiger partial charge in [0.25, 0.3) is 0 Å². The molecule has 3 heterocycles. The monoisotopic (exact) mass is 315 g/mol. The lowest BCUT2D eigenvalue weighted by atomic mass is 9.71. The molecule has 23 heavy (non-hydrogen) atoms. The van der Waals surface area contributed by atoms with Crippen LogP contribution in [-0.2, 0) is 6.54 Å². The Kier molecular flexibility index (Phi) is 3.28. The number of halogens is 1. The lowest BCUT2D eigenvalue weighted by Gasteiger charge is -2.31. The number of nitrogens with zero attached hydrogens (tertiary/aromatic N) is 4. The van der Waals surface area contributed by atoms with E-state index in [0.717, 1.165) is 38.3 Å². The summed E-state index contributed by atoms with van der Waals surface area (Å²) in [6.45, 7) is 9.77. The Balaban J connectivity index is 1.51. The Hall–Kier alpha value is -1.79. The number of benzene rings is 1. The van der Waals surface area contributed by atoms with E-state index in [9.17, 15) is 4.39 Å². The molecule has 1 aromatic carbocycles. The lowest BCUT2D eigenvalue weighted by Crippen LogP contribution is -2.34. The molecule has 1 aromatic heterocycles. The average molecular weight is 315 g/mol. The minimum atomic E-state index is -0.258. The van der Waals surface area contributed by atoms with E-state index in [1.54, 1.807) is 12.1 Å². The SMILES string of the molecule is C[C@@]12CNC[C@]1(C)CN(Cc1ccc(-n3cncn3)c(F)c1)C2. The molecule has 6 heteroatoms. The third-order valence-corrected chi connectivity index (χ3v) is 5.72. The summed E-state index contributed by atoms with van der Waals surface area (Å²) < 4.78 is 15.8. The van der Waals surface area contributed by atoms with Crippen molar-refractivity contribution in [2.75, 3.05) is 26.2 Å². The van der Waals surface area contributed by atoms with Crippen LogP contribution in [0.1, 0.15) is 19.4 Å². The molecule has 0 bridgehead atoms. The van der Waals surface area contributed by atoms with E-state index >= 15 is 0 Å². The van der Waals surface area contributed by atoms with Gasteiger partial charge in [-0.1, -0.05) is 19.9 Å². The standard InChI is InChI=1S/C17H22FN5/c1-16-7-19-8-17(16,2)10-22(9-16)6-13-3-4-15(14(18)5-13)23-12-20-11-21-23/h3-5,11-12,19H,6-10H2,1-2H3/t16-,17+. The summed E-state index contributed by atoms with van der Waals surface area (Å²) in [4.78, 5) is 6.31. The number of rotatable bonds is 3. The van der Waals surface area contributed by atoms with Gasteiger partial charge in [0.05, 0.1) is 0 Å². The van der Waals surface area contributed by atoms with Gasteiger partial charge in [-0.15, -0.1) is 0 Å². The van der Waals surface area contributed by atoms with Crippen LogP contribution < -0.4 is 5.32 Å². The minimum absolute atomic E-state index is 0.258. The van der Waals surface area contributed by atoms with Crippen molar-refractivity contribution in [1.29, 1.82) is 0 Å². The predicted molar refractivity (Wildman–Crippen MR) is 85.7 cm³/mol. The van der Waals surface area contributed by atoms with Crippen molar-refractivity contribution in [2.45, 2.75) is 20.4 Å². The molecule has 2 aromatic rings. The van der Waals surface area contributed by atoms with Crippen molar-refractivity contribution >= 4 is 0 Å². The fraction of sp³-hybridized carbons (Fsp3) is 0.529. The van der Waals surface area contributed by atoms with Gasteiger partial charge in [-0.25, -0.2) is 14.1 Å². The maximum absolute atomic E-state index is 14.4. The van der Waals surface area contributed by atoms with Gasteiger partial charge in [-0.3, -0.25) is 4.90 Å². The largest absolute Gasteiger partial charge is 0.316 e. The fourth-order valence-corrected chi connectivity index (χ4v) is 4.11. The van der Waals surface area contributed by atoms with Gasteiger partial charge in [-0.05, 0) is 17.7 Å². The van der Waals surface area contributed by atoms with Crippen molar-refractivity contribution in [3.05, 3.63) is 42.2 Å². The molecule has 2 aliphatic rings. The number of fused-ring (bicyclic) bond motifs is 1. The zero-order chi connectivity index (χ0) is 16.1. The highest BCUT2D eigenvalue weighted by atomic mass is 19.1. The van der Waals surface area contributed by atoms with Crippen LogP contribution in [0, 0.1) is 16.6 Å². The molecule has 0 radical (unpaired) electrons. The van der Waals surface area contributed by atoms with Crippen molar-refractivity contribution in [2.24, 2.45) is 10.8 Å². The van der Waals surface area contributed by atoms with Crippen molar-refractivity contribution in [1.82, 2.24) is 25.0 Å². The molecular weight excluding hydrogens is 293 g/mol. The summed E-state index contributed by atoms with van der Waals surface area (Å²) in [7, 11) is 0. The normalized spacial score (nSPS) is 30.7. The second-order valence-corrected chi connectivity index (χ2v) is 7.50. The molecule has 0 aliphatic carbocycles. The predicted octanol–water partition coefficient (Wildman–Crippen LogP) is 1.84. The first kappa shape index (κ1) is 14.8. The van der Waals surface area contributed by atoms with Gasteiger partial charge in [0.2, 0.25) is 0 Å². The van der Waals surface area contributed by atoms with E-state index in [-0.39, 0.29) is 5.82 Å². The molecule has 2 saturated heterocycles. The Bertz CT molecular complexity index is 698. The quantitative estimate of drug-likeness (QED) is 0.939. The molecule has 2 fully saturated rings. The van der Waals surface area contributed by atoms with Crippen LogP contribution in [0.4, 0.5) is 4.39 Å². The second-order valence-electron chi connectivity index (χ2n) is 7.50. The van der Waals surface area contributed by atoms with Gasteiger partial charge < -0.3 is 5.32 Å². The third kappa shape index (κ3) is 2.37. The zero-order valence-corrected chi connectivity index (χ0v) is 13.6. The van der Waals surface area contributed by atoms with Crippen molar-refractivity contribution in [3.63, 3.8) is 0 Å². The summed E-state index contributed by atoms with van der Waals surface area (Å²) in [6, 6.07) is 5.38. The van der Waals surface area contributed by atoms with E-state index < -0.39 is 0 Å². The lowest BCUT2D eigenvalue weighted by molar-refractivity contribution is 0.212. The molecule has 0 saturated carbocycles. The summed E-state index contributed by atoms with van der Waals surface area (Å²) in [5.41, 5.74) is 2.07. The van der Waals surface area contributed by atoms with Crippen LogP contribution >= 0.6 is 0 Å². The first-order valence-electron chi connectivity index (χ1n) is 8.06. The van der Waals surface area contributed by atoms with E-state index in [0.29, 0.717) is 16.5 Å². The summed E-state index contributed by atoms with van der Waals surface area (Å²) >= 11 is 0. The Morgan fingerprint density at radius 2 is 1.96 bits per heavy atom. The number of nitrogens with one attached hydrogen (secondary N) is 1. The number of likely N-dealkylation sites (tertiary alicyclic amines) is 1. The zero-order valence-electron chi connectivity index (χ0n) is 13.6. The van der Waals surface area contributed by atoms with E-state index in [2.05, 4.69) is 34.1 Å². The van der Waals surface area contributed by atoms with Crippen LogP contribution in [0.15, 0.2) is 30.9 Å². The maximum Gasteiger partial charge on any atom is 0.149 e. The summed E-state index contributed by atoms with van der Waals surface area (Å²) in [5, 5.41) is 7.50. The molecule has 5 nitrogen and oxygen atoms in total. The molecular formula is C17H22FN5. The highest BCUT2D eigenvalue weighted by molar-refractivity contribution is 5.35. The molecule has 0 spiro atoms. The Labute approximate surface area is 135 Å². The van der Waals surface area contributed by atoms with Gasteiger partial charge in [-0.2, -0.15) is 5.10 Å². The number of hydrogen-bond acceptors (Lipinski definition) is 4. The second kappa shape index (κ2) is 5.11. The van der Waals surface area contributed by atoms with Crippen LogP contribution in [0.25, 0.3) is 5.69 Å². The summed E-state index contributed by atoms with van der Waals surface area (Å²) in [6.07, 6.45) is 2.92. The highest BCUT2D eigenvalue weighted by Crippen LogP contribution is 2.48. The number of aromatic nitrogens is 3. The van der Waals surface area contributed by atoms with Crippen LogP contribution in [0.2, 0.25) is 0 Å². The Morgan fingerprint density at radius 3 is 2.57 bits per heavy atom. The van der Waals surface area contributed by atoms with Crippen molar-refractivity contribution in [3.8, 4) is 5.69 Å². The van der Waals surface area contributed by atoms with Crippen molar-refractivity contribution < 1.29 is 4.39 Å². The average Bonchev–Trinajstić information content (AvgIpc) is 3.13. The van der Waals surface area contributed by atoms with Gasteiger partial charge in [0.15, 0.2) is 0 Å². The topological polar surface area (TPSA) is 46.0 Å². The van der Waals surface area contributed by atoms with Gasteiger partial charge in [0, 0.05) is 43.6 Å². The first-order chi connectivity index (χ1) is 11.0. The third-order valence-electron chi connectivity index (χ3n) is 5.72. The maximum atomic E-state index is 14.4. The van der Waals surface area contributed by atoms with Crippen LogP contribution in [-0.4, -0.2) is 45.8 Å². The number of hydrogen-bond donors (Lipinski definition) is 1. The molecule has 1 N–H and O–H groups in total. The highest BCUT2D eigenvalue weighted by Gasteiger charge is 2.54. The fourth-order valence-electron chi connectivity index (χ4n) is 4.11. The van der Waals surface area contributed by atoms with Gasteiger partial charge in [0.1, 0.15) is 24.2 Å². The summed E-state index contributed by atoms with van der Waals surface area (Å²) in [5.74, 6) is -0.258. The molecule has 0 unspecified atom stereocenters. The molecule has 0 amide bonds. The van der Waals surface area contributed by atoms with Crippen LogP contribution in [0.5, 0.6) is 0 Å². The van der Waals surface area contributed by atoms with Crippen LogP contribution in [0.3, 0.4) is 0 Å². The molecule has 2 atom stereocenters. The van der Waals surface area contributed by atoms with E-state index in [1.165, 1.54) is 17.3 Å². The van der Waals surface area contributed by atoms with E-state index in [4.69, 9.17) is 0 Å². The Morgan fingerprint density at radius 1 is 1.22 bits per heavy atom. The molecule has 122 valence electrons. The first-order valence-corrected chi connectivity index (χ1v) is 8.06.